The van der Waals surface area contributed by atoms with Gasteiger partial charge in [0.05, 0.1) is 37.3 Å². The quantitative estimate of drug-likeness (QED) is 0.515. The zero-order valence-corrected chi connectivity index (χ0v) is 19.7. The van der Waals surface area contributed by atoms with Crippen molar-refractivity contribution in [2.45, 2.75) is 23.8 Å². The monoisotopic (exact) mass is 476 g/mol. The van der Waals surface area contributed by atoms with Crippen molar-refractivity contribution < 1.29 is 27.4 Å². The standard InChI is InChI=1S/C22H24N2O6S2/c1-28-16-10-11-17(29-2)20-19(16)23-22(31-20)24(13-14-7-6-12-30-14)21(25)15-8-4-5-9-18(15)32(3,26)27/h4-5,8-11,14H,6-7,12-13H2,1-3H3. The van der Waals surface area contributed by atoms with Crippen LogP contribution in [-0.2, 0) is 14.6 Å². The largest absolute Gasteiger partial charge is 0.495 e. The minimum Gasteiger partial charge on any atom is -0.495 e. The molecule has 4 rings (SSSR count). The second-order valence-corrected chi connectivity index (χ2v) is 10.4. The number of amides is 1. The number of hydrogen-bond acceptors (Lipinski definition) is 8. The molecule has 0 N–H and O–H groups in total. The third-order valence-electron chi connectivity index (χ3n) is 5.30. The van der Waals surface area contributed by atoms with E-state index in [0.29, 0.717) is 28.8 Å². The van der Waals surface area contributed by atoms with Crippen LogP contribution >= 0.6 is 11.3 Å². The Hall–Kier alpha value is -2.69. The number of carbonyl (C=O) groups excluding carboxylic acids is 1. The van der Waals surface area contributed by atoms with E-state index in [1.165, 1.54) is 28.4 Å². The van der Waals surface area contributed by atoms with Gasteiger partial charge >= 0.3 is 0 Å². The van der Waals surface area contributed by atoms with E-state index in [4.69, 9.17) is 14.2 Å². The molecule has 1 fully saturated rings. The predicted molar refractivity (Wildman–Crippen MR) is 123 cm³/mol. The number of aromatic nitrogens is 1. The van der Waals surface area contributed by atoms with Gasteiger partial charge in [0.15, 0.2) is 15.0 Å². The predicted octanol–water partition coefficient (Wildman–Crippen LogP) is 3.54. The van der Waals surface area contributed by atoms with Crippen LogP contribution in [-0.4, -0.2) is 59.0 Å². The van der Waals surface area contributed by atoms with Gasteiger partial charge in [0.25, 0.3) is 5.91 Å². The van der Waals surface area contributed by atoms with Crippen LogP contribution in [0.3, 0.4) is 0 Å². The van der Waals surface area contributed by atoms with Gasteiger partial charge in [-0.15, -0.1) is 0 Å². The summed E-state index contributed by atoms with van der Waals surface area (Å²) in [6.45, 7) is 0.898. The van der Waals surface area contributed by atoms with E-state index in [-0.39, 0.29) is 23.1 Å². The molecule has 0 spiro atoms. The second-order valence-electron chi connectivity index (χ2n) is 7.46. The average molecular weight is 477 g/mol. The summed E-state index contributed by atoms with van der Waals surface area (Å²) < 4.78 is 42.1. The van der Waals surface area contributed by atoms with E-state index in [9.17, 15) is 13.2 Å². The number of ether oxygens (including phenoxy) is 3. The van der Waals surface area contributed by atoms with Crippen LogP contribution in [0.4, 0.5) is 5.13 Å². The maximum Gasteiger partial charge on any atom is 0.261 e. The van der Waals surface area contributed by atoms with Gasteiger partial charge in [-0.1, -0.05) is 23.5 Å². The third kappa shape index (κ3) is 4.30. The molecular weight excluding hydrogens is 452 g/mol. The Morgan fingerprint density at radius 2 is 1.91 bits per heavy atom. The van der Waals surface area contributed by atoms with Gasteiger partial charge in [-0.05, 0) is 37.1 Å². The van der Waals surface area contributed by atoms with Gasteiger partial charge in [-0.3, -0.25) is 9.69 Å². The Morgan fingerprint density at radius 1 is 1.19 bits per heavy atom. The molecule has 10 heteroatoms. The summed E-state index contributed by atoms with van der Waals surface area (Å²) in [5.41, 5.74) is 0.680. The molecule has 8 nitrogen and oxygen atoms in total. The van der Waals surface area contributed by atoms with Gasteiger partial charge in [-0.25, -0.2) is 13.4 Å². The summed E-state index contributed by atoms with van der Waals surface area (Å²) in [6, 6.07) is 9.76. The van der Waals surface area contributed by atoms with Crippen molar-refractivity contribution in [1.82, 2.24) is 4.98 Å². The fraction of sp³-hybridized carbons (Fsp3) is 0.364. The van der Waals surface area contributed by atoms with Gasteiger partial charge in [0.1, 0.15) is 21.7 Å². The molecule has 2 heterocycles. The smallest absolute Gasteiger partial charge is 0.261 e. The van der Waals surface area contributed by atoms with E-state index in [1.54, 1.807) is 38.5 Å². The lowest BCUT2D eigenvalue weighted by molar-refractivity contribution is 0.0915. The van der Waals surface area contributed by atoms with Crippen LogP contribution < -0.4 is 14.4 Å². The number of anilines is 1. The molecule has 32 heavy (non-hydrogen) atoms. The molecule has 0 saturated carbocycles. The highest BCUT2D eigenvalue weighted by Gasteiger charge is 2.30. The highest BCUT2D eigenvalue weighted by Crippen LogP contribution is 2.40. The van der Waals surface area contributed by atoms with Crippen LogP contribution in [0.25, 0.3) is 10.2 Å². The number of nitrogens with zero attached hydrogens (tertiary/aromatic N) is 2. The molecule has 1 saturated heterocycles. The molecule has 1 atom stereocenters. The summed E-state index contributed by atoms with van der Waals surface area (Å²) in [5, 5.41) is 0.423. The first kappa shape index (κ1) is 22.5. The van der Waals surface area contributed by atoms with Crippen molar-refractivity contribution in [3.05, 3.63) is 42.0 Å². The minimum absolute atomic E-state index is 0.0152. The molecule has 0 aliphatic carbocycles. The van der Waals surface area contributed by atoms with E-state index in [2.05, 4.69) is 4.98 Å². The summed E-state index contributed by atoms with van der Waals surface area (Å²) >= 11 is 1.29. The topological polar surface area (TPSA) is 95.0 Å². The van der Waals surface area contributed by atoms with Crippen molar-refractivity contribution in [2.75, 3.05) is 38.5 Å². The fourth-order valence-electron chi connectivity index (χ4n) is 3.74. The first-order chi connectivity index (χ1) is 15.3. The van der Waals surface area contributed by atoms with Crippen LogP contribution in [0.2, 0.25) is 0 Å². The summed E-state index contributed by atoms with van der Waals surface area (Å²) in [4.78, 5) is 19.9. The van der Waals surface area contributed by atoms with E-state index in [0.717, 1.165) is 23.8 Å². The minimum atomic E-state index is -3.60. The summed E-state index contributed by atoms with van der Waals surface area (Å²) in [7, 11) is -0.482. The number of methoxy groups -OCH3 is 2. The van der Waals surface area contributed by atoms with Gasteiger partial charge in [-0.2, -0.15) is 0 Å². The highest BCUT2D eigenvalue weighted by molar-refractivity contribution is 7.90. The number of fused-ring (bicyclic) bond motifs is 1. The molecule has 0 bridgehead atoms. The lowest BCUT2D eigenvalue weighted by Crippen LogP contribution is -2.38. The second kappa shape index (κ2) is 9.05. The first-order valence-corrected chi connectivity index (χ1v) is 12.8. The molecule has 170 valence electrons. The molecule has 2 aromatic carbocycles. The fourth-order valence-corrected chi connectivity index (χ4v) is 5.70. The van der Waals surface area contributed by atoms with Crippen molar-refractivity contribution in [3.63, 3.8) is 0 Å². The lowest BCUT2D eigenvalue weighted by Gasteiger charge is -2.24. The van der Waals surface area contributed by atoms with Crippen LogP contribution in [0, 0.1) is 0 Å². The summed E-state index contributed by atoms with van der Waals surface area (Å²) in [5.74, 6) is 0.730. The van der Waals surface area contributed by atoms with Crippen molar-refractivity contribution in [1.29, 1.82) is 0 Å². The summed E-state index contributed by atoms with van der Waals surface area (Å²) in [6.07, 6.45) is 2.67. The number of sulfone groups is 1. The van der Waals surface area contributed by atoms with Crippen LogP contribution in [0.1, 0.15) is 23.2 Å². The molecule has 3 aromatic rings. The molecule has 1 amide bonds. The molecular formula is C22H24N2O6S2. The molecule has 0 radical (unpaired) electrons. The van der Waals surface area contributed by atoms with Gasteiger partial charge in [0.2, 0.25) is 0 Å². The van der Waals surface area contributed by atoms with E-state index in [1.807, 2.05) is 0 Å². The number of hydrogen-bond donors (Lipinski definition) is 0. The van der Waals surface area contributed by atoms with Crippen LogP contribution in [0.5, 0.6) is 11.5 Å². The third-order valence-corrected chi connectivity index (χ3v) is 7.55. The lowest BCUT2D eigenvalue weighted by atomic mass is 10.1. The highest BCUT2D eigenvalue weighted by atomic mass is 32.2. The Balaban J connectivity index is 1.85. The molecule has 1 aliphatic rings. The molecule has 1 aromatic heterocycles. The molecule has 1 aliphatic heterocycles. The zero-order valence-electron chi connectivity index (χ0n) is 18.0. The number of carbonyl (C=O) groups is 1. The first-order valence-electron chi connectivity index (χ1n) is 10.1. The normalized spacial score (nSPS) is 16.3. The zero-order chi connectivity index (χ0) is 22.9. The Morgan fingerprint density at radius 3 is 2.56 bits per heavy atom. The number of benzene rings is 2. The average Bonchev–Trinajstić information content (AvgIpc) is 3.45. The van der Waals surface area contributed by atoms with Crippen molar-refractivity contribution >= 4 is 42.4 Å². The van der Waals surface area contributed by atoms with Crippen molar-refractivity contribution in [3.8, 4) is 11.5 Å². The van der Waals surface area contributed by atoms with E-state index < -0.39 is 15.7 Å². The number of rotatable bonds is 7. The Kier molecular flexibility index (Phi) is 6.36. The maximum absolute atomic E-state index is 13.7. The van der Waals surface area contributed by atoms with E-state index >= 15 is 0 Å². The van der Waals surface area contributed by atoms with Crippen molar-refractivity contribution in [2.24, 2.45) is 0 Å². The van der Waals surface area contributed by atoms with Gasteiger partial charge in [0, 0.05) is 12.9 Å². The Labute approximate surface area is 190 Å². The SMILES string of the molecule is COc1ccc(OC)c2sc(N(CC3CCCO3)C(=O)c3ccccc3S(C)(=O)=O)nc12. The molecule has 1 unspecified atom stereocenters. The number of thiazole rings is 1. The van der Waals surface area contributed by atoms with Crippen LogP contribution in [0.15, 0.2) is 41.3 Å². The van der Waals surface area contributed by atoms with Gasteiger partial charge < -0.3 is 14.2 Å². The maximum atomic E-state index is 13.7. The Bertz CT molecular complexity index is 1210.